The summed E-state index contributed by atoms with van der Waals surface area (Å²) in [6.07, 6.45) is 0. The summed E-state index contributed by atoms with van der Waals surface area (Å²) in [7, 11) is -2.82. The topological polar surface area (TPSA) is 116 Å². The standard InChI is InChI=1S/C18H20N2O7S/c1-4-27-18(21)12-19(14-7-9-16(26-3)10-8-14)28(24,25)17-11-15(20(22)23)6-5-13(17)2/h5-11H,4,12H2,1-3H3. The number of anilines is 1. The average Bonchev–Trinajstić information content (AvgIpc) is 2.66. The van der Waals surface area contributed by atoms with Crippen LogP contribution in [0.5, 0.6) is 5.75 Å². The molecular weight excluding hydrogens is 388 g/mol. The fraction of sp³-hybridized carbons (Fsp3) is 0.278. The Bertz CT molecular complexity index is 972. The first kappa shape index (κ1) is 21.2. The zero-order chi connectivity index (χ0) is 20.9. The van der Waals surface area contributed by atoms with Gasteiger partial charge in [0.2, 0.25) is 0 Å². The molecule has 0 unspecified atom stereocenters. The predicted molar refractivity (Wildman–Crippen MR) is 102 cm³/mol. The number of sulfonamides is 1. The van der Waals surface area contributed by atoms with E-state index in [2.05, 4.69) is 0 Å². The minimum absolute atomic E-state index is 0.0885. The lowest BCUT2D eigenvalue weighted by molar-refractivity contribution is -0.385. The summed E-state index contributed by atoms with van der Waals surface area (Å²) in [4.78, 5) is 22.2. The van der Waals surface area contributed by atoms with Gasteiger partial charge in [0.25, 0.3) is 15.7 Å². The smallest absolute Gasteiger partial charge is 0.326 e. The number of ether oxygens (including phenoxy) is 2. The summed E-state index contributed by atoms with van der Waals surface area (Å²) < 4.78 is 37.4. The first-order valence-electron chi connectivity index (χ1n) is 8.28. The lowest BCUT2D eigenvalue weighted by Crippen LogP contribution is -2.37. The number of esters is 1. The number of carbonyl (C=O) groups excluding carboxylic acids is 1. The maximum atomic E-state index is 13.3. The van der Waals surface area contributed by atoms with Gasteiger partial charge >= 0.3 is 5.97 Å². The Balaban J connectivity index is 2.58. The number of hydrogen-bond acceptors (Lipinski definition) is 7. The van der Waals surface area contributed by atoms with E-state index in [-0.39, 0.29) is 22.9 Å². The number of hydrogen-bond donors (Lipinski definition) is 0. The van der Waals surface area contributed by atoms with Crippen LogP contribution in [0.1, 0.15) is 12.5 Å². The molecule has 0 radical (unpaired) electrons. The van der Waals surface area contributed by atoms with E-state index >= 15 is 0 Å². The van der Waals surface area contributed by atoms with E-state index in [0.29, 0.717) is 11.3 Å². The number of nitro groups is 1. The molecule has 0 aliphatic carbocycles. The molecule has 0 aliphatic heterocycles. The SMILES string of the molecule is CCOC(=O)CN(c1ccc(OC)cc1)S(=O)(=O)c1cc([N+](=O)[O-])ccc1C. The van der Waals surface area contributed by atoms with Crippen molar-refractivity contribution in [2.45, 2.75) is 18.7 Å². The Labute approximate surface area is 162 Å². The maximum absolute atomic E-state index is 13.3. The van der Waals surface area contributed by atoms with Gasteiger partial charge in [-0.25, -0.2) is 8.42 Å². The number of nitrogens with zero attached hydrogens (tertiary/aromatic N) is 2. The van der Waals surface area contributed by atoms with Crippen molar-refractivity contribution in [1.82, 2.24) is 0 Å². The molecule has 0 spiro atoms. The van der Waals surface area contributed by atoms with E-state index in [1.807, 2.05) is 0 Å². The van der Waals surface area contributed by atoms with Crippen molar-refractivity contribution < 1.29 is 27.6 Å². The van der Waals surface area contributed by atoms with Gasteiger partial charge in [-0.05, 0) is 43.7 Å². The normalized spacial score (nSPS) is 11.0. The van der Waals surface area contributed by atoms with Crippen LogP contribution in [0.4, 0.5) is 11.4 Å². The van der Waals surface area contributed by atoms with Gasteiger partial charge in [0.05, 0.1) is 29.2 Å². The molecule has 2 aromatic carbocycles. The van der Waals surface area contributed by atoms with Crippen molar-refractivity contribution in [3.8, 4) is 5.75 Å². The first-order valence-corrected chi connectivity index (χ1v) is 9.72. The second-order valence-electron chi connectivity index (χ2n) is 5.72. The van der Waals surface area contributed by atoms with Crippen LogP contribution in [0, 0.1) is 17.0 Å². The molecule has 0 aliphatic rings. The Morgan fingerprint density at radius 1 is 1.18 bits per heavy atom. The Morgan fingerprint density at radius 3 is 2.36 bits per heavy atom. The number of non-ortho nitro benzene ring substituents is 1. The Hall–Kier alpha value is -3.14. The van der Waals surface area contributed by atoms with Crippen LogP contribution in [0.3, 0.4) is 0 Å². The third-order valence-corrected chi connectivity index (χ3v) is 5.80. The van der Waals surface area contributed by atoms with Gasteiger partial charge in [-0.2, -0.15) is 0 Å². The molecule has 0 amide bonds. The van der Waals surface area contributed by atoms with Crippen LogP contribution >= 0.6 is 0 Å². The number of benzene rings is 2. The number of carbonyl (C=O) groups is 1. The second kappa shape index (κ2) is 8.70. The van der Waals surface area contributed by atoms with Gasteiger partial charge in [0.1, 0.15) is 12.3 Å². The second-order valence-corrected chi connectivity index (χ2v) is 7.55. The van der Waals surface area contributed by atoms with Crippen LogP contribution in [-0.4, -0.2) is 39.6 Å². The molecule has 0 bridgehead atoms. The molecule has 28 heavy (non-hydrogen) atoms. The summed E-state index contributed by atoms with van der Waals surface area (Å²) in [6.45, 7) is 2.64. The molecule has 2 aromatic rings. The Morgan fingerprint density at radius 2 is 1.82 bits per heavy atom. The Kier molecular flexibility index (Phi) is 6.57. The molecule has 10 heteroatoms. The highest BCUT2D eigenvalue weighted by Crippen LogP contribution is 2.29. The lowest BCUT2D eigenvalue weighted by Gasteiger charge is -2.24. The van der Waals surface area contributed by atoms with E-state index in [4.69, 9.17) is 9.47 Å². The largest absolute Gasteiger partial charge is 0.497 e. The number of aryl methyl sites for hydroxylation is 1. The number of methoxy groups -OCH3 is 1. The lowest BCUT2D eigenvalue weighted by atomic mass is 10.2. The summed E-state index contributed by atoms with van der Waals surface area (Å²) >= 11 is 0. The molecule has 150 valence electrons. The van der Waals surface area contributed by atoms with Crippen LogP contribution < -0.4 is 9.04 Å². The fourth-order valence-corrected chi connectivity index (χ4v) is 4.14. The quantitative estimate of drug-likeness (QED) is 0.374. The minimum Gasteiger partial charge on any atom is -0.497 e. The van der Waals surface area contributed by atoms with Crippen molar-refractivity contribution in [1.29, 1.82) is 0 Å². The van der Waals surface area contributed by atoms with Crippen LogP contribution in [0.2, 0.25) is 0 Å². The predicted octanol–water partition coefficient (Wildman–Crippen LogP) is 2.67. The summed E-state index contributed by atoms with van der Waals surface area (Å²) in [5, 5.41) is 11.1. The van der Waals surface area contributed by atoms with Crippen LogP contribution in [0.25, 0.3) is 0 Å². The van der Waals surface area contributed by atoms with Crippen LogP contribution in [-0.2, 0) is 19.6 Å². The third-order valence-electron chi connectivity index (χ3n) is 3.89. The zero-order valence-corrected chi connectivity index (χ0v) is 16.4. The van der Waals surface area contributed by atoms with Crippen LogP contribution in [0.15, 0.2) is 47.4 Å². The van der Waals surface area contributed by atoms with E-state index in [9.17, 15) is 23.3 Å². The molecule has 0 aromatic heterocycles. The summed E-state index contributed by atoms with van der Waals surface area (Å²) in [5.74, 6) is -0.242. The van der Waals surface area contributed by atoms with Gasteiger partial charge in [0, 0.05) is 12.1 Å². The molecule has 0 heterocycles. The van der Waals surface area contributed by atoms with Crippen molar-refractivity contribution in [3.05, 3.63) is 58.1 Å². The van der Waals surface area contributed by atoms with Gasteiger partial charge in [0.15, 0.2) is 0 Å². The highest BCUT2D eigenvalue weighted by molar-refractivity contribution is 7.93. The monoisotopic (exact) mass is 408 g/mol. The molecular formula is C18H20N2O7S. The van der Waals surface area contributed by atoms with Crippen molar-refractivity contribution in [2.24, 2.45) is 0 Å². The van der Waals surface area contributed by atoms with Gasteiger partial charge in [-0.3, -0.25) is 19.2 Å². The molecule has 0 saturated heterocycles. The molecule has 0 atom stereocenters. The third kappa shape index (κ3) is 4.58. The molecule has 2 rings (SSSR count). The van der Waals surface area contributed by atoms with E-state index in [0.717, 1.165) is 10.4 Å². The average molecular weight is 408 g/mol. The number of rotatable bonds is 8. The molecule has 0 fully saturated rings. The fourth-order valence-electron chi connectivity index (χ4n) is 2.49. The van der Waals surface area contributed by atoms with E-state index in [1.54, 1.807) is 19.1 Å². The molecule has 9 nitrogen and oxygen atoms in total. The van der Waals surface area contributed by atoms with Gasteiger partial charge in [-0.1, -0.05) is 6.07 Å². The summed E-state index contributed by atoms with van der Waals surface area (Å²) in [6, 6.07) is 9.59. The number of nitro benzene ring substituents is 1. The van der Waals surface area contributed by atoms with Gasteiger partial charge in [-0.15, -0.1) is 0 Å². The summed E-state index contributed by atoms with van der Waals surface area (Å²) in [5.41, 5.74) is 0.141. The van der Waals surface area contributed by atoms with Crippen molar-refractivity contribution >= 4 is 27.4 Å². The highest BCUT2D eigenvalue weighted by Gasteiger charge is 2.30. The van der Waals surface area contributed by atoms with Gasteiger partial charge < -0.3 is 9.47 Å². The highest BCUT2D eigenvalue weighted by atomic mass is 32.2. The van der Waals surface area contributed by atoms with E-state index in [1.165, 1.54) is 38.3 Å². The van der Waals surface area contributed by atoms with Crippen molar-refractivity contribution in [3.63, 3.8) is 0 Å². The molecule has 0 saturated carbocycles. The zero-order valence-electron chi connectivity index (χ0n) is 15.6. The maximum Gasteiger partial charge on any atom is 0.326 e. The van der Waals surface area contributed by atoms with E-state index < -0.39 is 27.5 Å². The van der Waals surface area contributed by atoms with Crippen molar-refractivity contribution in [2.75, 3.05) is 24.6 Å². The minimum atomic E-state index is -4.29. The molecule has 0 N–H and O–H groups in total. The first-order chi connectivity index (χ1) is 13.2.